The van der Waals surface area contributed by atoms with Gasteiger partial charge in [-0.2, -0.15) is 13.2 Å². The summed E-state index contributed by atoms with van der Waals surface area (Å²) < 4.78 is 62.8. The number of anilines is 1. The molecule has 11 nitrogen and oxygen atoms in total. The number of hydrogen-bond acceptors (Lipinski definition) is 9. The number of amides is 2. The monoisotopic (exact) mass is 607 g/mol. The lowest BCUT2D eigenvalue weighted by Crippen LogP contribution is -2.41. The number of rotatable bonds is 11. The fourth-order valence-electron chi connectivity index (χ4n) is 2.95. The summed E-state index contributed by atoms with van der Waals surface area (Å²) in [5.74, 6) is -2.04. The van der Waals surface area contributed by atoms with Crippen LogP contribution in [0, 0.1) is 0 Å². The molecule has 0 bridgehead atoms. The third-order valence-electron chi connectivity index (χ3n) is 4.93. The Morgan fingerprint density at radius 3 is 2.49 bits per heavy atom. The van der Waals surface area contributed by atoms with Crippen molar-refractivity contribution in [3.05, 3.63) is 63.6 Å². The lowest BCUT2D eigenvalue weighted by molar-refractivity contribution is -0.137. The molecule has 0 radical (unpaired) electrons. The molecular formula is C22H21ClF3N5O6S2. The molecule has 0 aliphatic rings. The van der Waals surface area contributed by atoms with Crippen LogP contribution in [0.15, 0.2) is 46.8 Å². The van der Waals surface area contributed by atoms with Crippen LogP contribution < -0.4 is 20.9 Å². The van der Waals surface area contributed by atoms with Gasteiger partial charge in [-0.3, -0.25) is 15.0 Å². The van der Waals surface area contributed by atoms with Crippen molar-refractivity contribution in [2.24, 2.45) is 0 Å². The minimum absolute atomic E-state index is 0.0108. The van der Waals surface area contributed by atoms with Crippen LogP contribution >= 0.6 is 22.9 Å². The average Bonchev–Trinajstić information content (AvgIpc) is 3.36. The zero-order valence-corrected chi connectivity index (χ0v) is 22.1. The van der Waals surface area contributed by atoms with E-state index in [0.717, 1.165) is 29.5 Å². The van der Waals surface area contributed by atoms with Gasteiger partial charge in [0, 0.05) is 29.6 Å². The summed E-state index contributed by atoms with van der Waals surface area (Å²) in [5.41, 5.74) is 1.16. The van der Waals surface area contributed by atoms with Crippen LogP contribution in [0.3, 0.4) is 0 Å². The molecule has 2 heterocycles. The first-order valence-electron chi connectivity index (χ1n) is 10.9. The molecule has 0 aliphatic heterocycles. The molecule has 0 unspecified atom stereocenters. The van der Waals surface area contributed by atoms with E-state index in [1.165, 1.54) is 18.2 Å². The molecule has 0 spiro atoms. The second kappa shape index (κ2) is 12.5. The van der Waals surface area contributed by atoms with Crippen LogP contribution in [0.2, 0.25) is 5.02 Å². The van der Waals surface area contributed by atoms with Gasteiger partial charge in [0.1, 0.15) is 10.0 Å². The van der Waals surface area contributed by atoms with Crippen LogP contribution in [0.25, 0.3) is 0 Å². The topological polar surface area (TPSA) is 170 Å². The maximum Gasteiger partial charge on any atom is 0.417 e. The Hall–Kier alpha value is -3.60. The predicted molar refractivity (Wildman–Crippen MR) is 136 cm³/mol. The number of sulfonamides is 1. The van der Waals surface area contributed by atoms with E-state index in [9.17, 15) is 41.4 Å². The van der Waals surface area contributed by atoms with Crippen molar-refractivity contribution in [2.45, 2.75) is 29.8 Å². The number of phenols is 2. The van der Waals surface area contributed by atoms with E-state index in [4.69, 9.17) is 11.6 Å². The SMILES string of the molecule is O=C(CCCNc1ncc(C(F)(F)F)cc1Cl)NNS(=O)(=O)c1ccc(CNC(=O)c2ccc(O)c(O)c2)s1. The van der Waals surface area contributed by atoms with Crippen molar-refractivity contribution >= 4 is 50.6 Å². The van der Waals surface area contributed by atoms with Crippen LogP contribution in [0.4, 0.5) is 19.0 Å². The molecule has 0 aliphatic carbocycles. The van der Waals surface area contributed by atoms with Crippen LogP contribution in [-0.4, -0.2) is 42.0 Å². The molecule has 17 heteroatoms. The highest BCUT2D eigenvalue weighted by atomic mass is 35.5. The third kappa shape index (κ3) is 8.44. The summed E-state index contributed by atoms with van der Waals surface area (Å²) in [5, 5.41) is 23.8. The van der Waals surface area contributed by atoms with E-state index in [0.29, 0.717) is 11.1 Å². The highest BCUT2D eigenvalue weighted by Crippen LogP contribution is 2.32. The van der Waals surface area contributed by atoms with Gasteiger partial charge in [-0.15, -0.1) is 16.2 Å². The number of hydrazine groups is 1. The predicted octanol–water partition coefficient (Wildman–Crippen LogP) is 3.36. The Kier molecular flexibility index (Phi) is 9.60. The molecule has 1 aromatic carbocycles. The number of pyridine rings is 1. The zero-order chi connectivity index (χ0) is 28.8. The number of carbonyl (C=O) groups is 2. The maximum atomic E-state index is 12.7. The van der Waals surface area contributed by atoms with Crippen LogP contribution in [0.5, 0.6) is 11.5 Å². The highest BCUT2D eigenvalue weighted by Gasteiger charge is 2.31. The number of nitrogens with zero attached hydrogens (tertiary/aromatic N) is 1. The Morgan fingerprint density at radius 1 is 1.08 bits per heavy atom. The van der Waals surface area contributed by atoms with E-state index in [-0.39, 0.29) is 52.3 Å². The van der Waals surface area contributed by atoms with Gasteiger partial charge in [-0.1, -0.05) is 11.6 Å². The summed E-state index contributed by atoms with van der Waals surface area (Å²) in [6.07, 6.45) is -3.89. The first-order valence-corrected chi connectivity index (χ1v) is 13.6. The number of phenolic OH excluding ortho intramolecular Hbond substituents is 2. The van der Waals surface area contributed by atoms with Gasteiger partial charge in [0.2, 0.25) is 5.91 Å². The van der Waals surface area contributed by atoms with Gasteiger partial charge in [-0.25, -0.2) is 13.4 Å². The number of carbonyl (C=O) groups excluding carboxylic acids is 2. The van der Waals surface area contributed by atoms with E-state index < -0.39 is 39.3 Å². The molecule has 39 heavy (non-hydrogen) atoms. The number of aromatic nitrogens is 1. The molecule has 0 atom stereocenters. The fourth-order valence-corrected chi connectivity index (χ4v) is 5.34. The van der Waals surface area contributed by atoms with E-state index >= 15 is 0 Å². The number of hydrogen-bond donors (Lipinski definition) is 6. The first-order chi connectivity index (χ1) is 18.3. The Balaban J connectivity index is 1.42. The highest BCUT2D eigenvalue weighted by molar-refractivity contribution is 7.91. The largest absolute Gasteiger partial charge is 0.504 e. The van der Waals surface area contributed by atoms with E-state index in [1.54, 1.807) is 0 Å². The summed E-state index contributed by atoms with van der Waals surface area (Å²) in [4.78, 5) is 30.3. The van der Waals surface area contributed by atoms with E-state index in [2.05, 4.69) is 21.0 Å². The first kappa shape index (κ1) is 29.9. The van der Waals surface area contributed by atoms with Gasteiger partial charge >= 0.3 is 6.18 Å². The Morgan fingerprint density at radius 2 is 1.82 bits per heavy atom. The van der Waals surface area contributed by atoms with Gasteiger partial charge in [0.15, 0.2) is 11.5 Å². The van der Waals surface area contributed by atoms with Crippen molar-refractivity contribution in [1.82, 2.24) is 20.6 Å². The van der Waals surface area contributed by atoms with Crippen LogP contribution in [0.1, 0.15) is 33.6 Å². The molecule has 3 rings (SSSR count). The molecule has 6 N–H and O–H groups in total. The van der Waals surface area contributed by atoms with Gasteiger partial charge in [-0.05, 0) is 42.8 Å². The van der Waals surface area contributed by atoms with Crippen molar-refractivity contribution in [1.29, 1.82) is 0 Å². The van der Waals surface area contributed by atoms with Crippen LogP contribution in [-0.2, 0) is 27.5 Å². The number of halogens is 4. The number of nitrogens with one attached hydrogen (secondary N) is 4. The average molecular weight is 608 g/mol. The molecule has 210 valence electrons. The number of thiophene rings is 1. The molecule has 3 aromatic rings. The fraction of sp³-hybridized carbons (Fsp3) is 0.227. The number of aromatic hydroxyl groups is 2. The zero-order valence-electron chi connectivity index (χ0n) is 19.7. The Bertz CT molecular complexity index is 1470. The van der Waals surface area contributed by atoms with Crippen molar-refractivity contribution < 1.29 is 41.4 Å². The smallest absolute Gasteiger partial charge is 0.417 e. The third-order valence-corrected chi connectivity index (χ3v) is 8.04. The molecule has 2 aromatic heterocycles. The van der Waals surface area contributed by atoms with Crippen molar-refractivity contribution in [3.63, 3.8) is 0 Å². The Labute approximate surface area is 229 Å². The minimum atomic E-state index is -4.58. The lowest BCUT2D eigenvalue weighted by atomic mass is 10.2. The number of benzene rings is 1. The molecule has 0 fully saturated rings. The van der Waals surface area contributed by atoms with Crippen molar-refractivity contribution in [2.75, 3.05) is 11.9 Å². The van der Waals surface area contributed by atoms with E-state index in [1.807, 2.05) is 4.83 Å². The second-order valence-electron chi connectivity index (χ2n) is 7.84. The summed E-state index contributed by atoms with van der Waals surface area (Å²) >= 11 is 6.64. The standard InChI is InChI=1S/C22H21ClF3N5O6S2/c23-15-9-13(22(24,25)26)10-28-20(15)27-7-1-2-18(34)30-31-39(36,37)19-6-4-14(38-19)11-29-21(35)12-3-5-16(32)17(33)8-12/h3-6,8-10,31-33H,1-2,7,11H2,(H,27,28)(H,29,35)(H,30,34). The lowest BCUT2D eigenvalue weighted by Gasteiger charge is -2.11. The summed E-state index contributed by atoms with van der Waals surface area (Å²) in [7, 11) is -4.10. The molecule has 2 amide bonds. The number of alkyl halides is 3. The minimum Gasteiger partial charge on any atom is -0.504 e. The van der Waals surface area contributed by atoms with Gasteiger partial charge < -0.3 is 20.8 Å². The molecular weight excluding hydrogens is 587 g/mol. The second-order valence-corrected chi connectivity index (χ2v) is 11.3. The molecule has 0 saturated heterocycles. The van der Waals surface area contributed by atoms with Crippen molar-refractivity contribution in [3.8, 4) is 11.5 Å². The summed E-state index contributed by atoms with van der Waals surface area (Å²) in [6, 6.07) is 7.03. The maximum absolute atomic E-state index is 12.7. The summed E-state index contributed by atoms with van der Waals surface area (Å²) in [6.45, 7) is 0.111. The molecule has 0 saturated carbocycles. The van der Waals surface area contributed by atoms with Gasteiger partial charge in [0.05, 0.1) is 17.1 Å². The normalized spacial score (nSPS) is 11.7. The van der Waals surface area contributed by atoms with Gasteiger partial charge in [0.25, 0.3) is 15.9 Å². The quantitative estimate of drug-likeness (QED) is 0.109.